The largest absolute Gasteiger partial charge is 0.310 e. The molecule has 1 heterocycles. The molecule has 0 aliphatic heterocycles. The number of aromatic amines is 1. The van der Waals surface area contributed by atoms with Gasteiger partial charge in [-0.15, -0.1) is 10.2 Å². The molecule has 1 aromatic rings. The van der Waals surface area contributed by atoms with Gasteiger partial charge in [-0.05, 0) is 26.2 Å². The van der Waals surface area contributed by atoms with Crippen molar-refractivity contribution in [1.29, 1.82) is 5.41 Å². The average molecular weight is 322 g/mol. The number of nitrogens with one attached hydrogen (secondary N) is 2. The summed E-state index contributed by atoms with van der Waals surface area (Å²) in [4.78, 5) is 0. The van der Waals surface area contributed by atoms with E-state index in [-0.39, 0.29) is 0 Å². The molecule has 0 bridgehead atoms. The maximum absolute atomic E-state index is 7.38. The third-order valence-corrected chi connectivity index (χ3v) is 4.34. The minimum atomic E-state index is 0.833. The normalized spacial score (nSPS) is 11.0. The molecule has 5 heteroatoms. The predicted octanol–water partition coefficient (Wildman–Crippen LogP) is 5.24. The van der Waals surface area contributed by atoms with Gasteiger partial charge in [0.15, 0.2) is 5.82 Å². The van der Waals surface area contributed by atoms with Crippen LogP contribution in [0.2, 0.25) is 0 Å². The smallest absolute Gasteiger partial charge is 0.174 e. The Hall–Kier alpha value is -1.26. The van der Waals surface area contributed by atoms with Gasteiger partial charge in [0.1, 0.15) is 0 Å². The van der Waals surface area contributed by atoms with Crippen LogP contribution in [0.1, 0.15) is 103 Å². The molecule has 0 atom stereocenters. The fraction of sp³-hybridized carbons (Fsp3) is 0.889. The molecular weight excluding hydrogens is 286 g/mol. The van der Waals surface area contributed by atoms with E-state index < -0.39 is 0 Å². The van der Waals surface area contributed by atoms with Gasteiger partial charge in [-0.2, -0.15) is 5.21 Å². The molecule has 1 rings (SSSR count). The Labute approximate surface area is 141 Å². The lowest BCUT2D eigenvalue weighted by Crippen LogP contribution is -1.89. The molecule has 0 aliphatic rings. The van der Waals surface area contributed by atoms with E-state index in [1.54, 1.807) is 0 Å². The van der Waals surface area contributed by atoms with Gasteiger partial charge >= 0.3 is 0 Å². The number of tetrazole rings is 1. The summed E-state index contributed by atoms with van der Waals surface area (Å²) in [5, 5.41) is 21.4. The van der Waals surface area contributed by atoms with E-state index in [4.69, 9.17) is 5.41 Å². The standard InChI is InChI=1S/C18H35N5/c1-17(19)15-13-11-9-7-5-3-2-4-6-8-10-12-14-16-18-20-22-23-21-18/h19H,2-16H2,1H3,(H,20,21,22,23). The first-order chi connectivity index (χ1) is 11.3. The minimum absolute atomic E-state index is 0.833. The molecule has 132 valence electrons. The van der Waals surface area contributed by atoms with Crippen LogP contribution in [0.25, 0.3) is 0 Å². The third-order valence-electron chi connectivity index (χ3n) is 4.34. The summed E-state index contributed by atoms with van der Waals surface area (Å²) in [6, 6.07) is 0. The van der Waals surface area contributed by atoms with Crippen molar-refractivity contribution in [3.8, 4) is 0 Å². The van der Waals surface area contributed by atoms with Crippen molar-refractivity contribution >= 4 is 5.71 Å². The van der Waals surface area contributed by atoms with Gasteiger partial charge in [0.25, 0.3) is 0 Å². The molecule has 0 unspecified atom stereocenters. The summed E-state index contributed by atoms with van der Waals surface area (Å²) in [5.41, 5.74) is 0.833. The van der Waals surface area contributed by atoms with Gasteiger partial charge in [0, 0.05) is 12.1 Å². The Morgan fingerprint density at radius 2 is 1.26 bits per heavy atom. The minimum Gasteiger partial charge on any atom is -0.310 e. The molecule has 1 aromatic heterocycles. The number of hydrogen-bond acceptors (Lipinski definition) is 4. The topological polar surface area (TPSA) is 78.3 Å². The summed E-state index contributed by atoms with van der Waals surface area (Å²) in [5.74, 6) is 0.845. The van der Waals surface area contributed by atoms with E-state index in [9.17, 15) is 0 Å². The lowest BCUT2D eigenvalue weighted by molar-refractivity contribution is 0.537. The summed E-state index contributed by atoms with van der Waals surface area (Å²) in [7, 11) is 0. The Kier molecular flexibility index (Phi) is 12.3. The van der Waals surface area contributed by atoms with Crippen LogP contribution in [0, 0.1) is 5.41 Å². The highest BCUT2D eigenvalue weighted by Crippen LogP contribution is 2.13. The van der Waals surface area contributed by atoms with E-state index in [1.807, 2.05) is 6.92 Å². The van der Waals surface area contributed by atoms with E-state index in [1.165, 1.54) is 83.5 Å². The molecular formula is C18H35N5. The molecule has 0 aromatic carbocycles. The lowest BCUT2D eigenvalue weighted by atomic mass is 10.0. The van der Waals surface area contributed by atoms with Gasteiger partial charge in [-0.25, -0.2) is 0 Å². The summed E-state index contributed by atoms with van der Waals surface area (Å²) < 4.78 is 0. The number of H-pyrrole nitrogens is 1. The maximum Gasteiger partial charge on any atom is 0.174 e. The second kappa shape index (κ2) is 14.3. The summed E-state index contributed by atoms with van der Waals surface area (Å²) >= 11 is 0. The molecule has 2 N–H and O–H groups in total. The molecule has 0 aliphatic carbocycles. The van der Waals surface area contributed by atoms with Gasteiger partial charge in [0.2, 0.25) is 0 Å². The molecule has 0 radical (unpaired) electrons. The number of hydrogen-bond donors (Lipinski definition) is 2. The van der Waals surface area contributed by atoms with Crippen molar-refractivity contribution in [2.45, 2.75) is 103 Å². The fourth-order valence-corrected chi connectivity index (χ4v) is 2.91. The predicted molar refractivity (Wildman–Crippen MR) is 95.9 cm³/mol. The van der Waals surface area contributed by atoms with Crippen molar-refractivity contribution in [3.05, 3.63) is 5.82 Å². The highest BCUT2D eigenvalue weighted by atomic mass is 15.5. The van der Waals surface area contributed by atoms with Crippen LogP contribution in [0.4, 0.5) is 0 Å². The number of aryl methyl sites for hydroxylation is 1. The van der Waals surface area contributed by atoms with Crippen LogP contribution < -0.4 is 0 Å². The number of aromatic nitrogens is 4. The maximum atomic E-state index is 7.38. The number of rotatable bonds is 16. The zero-order valence-corrected chi connectivity index (χ0v) is 14.9. The SMILES string of the molecule is CC(=N)CCCCCCCCCCCCCCCc1nn[nH]n1. The van der Waals surface area contributed by atoms with Crippen LogP contribution in [0.3, 0.4) is 0 Å². The highest BCUT2D eigenvalue weighted by molar-refractivity contribution is 5.78. The number of unbranched alkanes of at least 4 members (excludes halogenated alkanes) is 12. The van der Waals surface area contributed by atoms with Crippen LogP contribution in [0.15, 0.2) is 0 Å². The second-order valence-electron chi connectivity index (χ2n) is 6.70. The zero-order chi connectivity index (χ0) is 16.6. The van der Waals surface area contributed by atoms with Crippen molar-refractivity contribution in [2.24, 2.45) is 0 Å². The molecule has 0 amide bonds. The van der Waals surface area contributed by atoms with Crippen molar-refractivity contribution < 1.29 is 0 Å². The van der Waals surface area contributed by atoms with E-state index in [0.29, 0.717) is 0 Å². The Morgan fingerprint density at radius 3 is 1.70 bits per heavy atom. The van der Waals surface area contributed by atoms with Crippen LogP contribution in [-0.2, 0) is 6.42 Å². The number of nitrogens with zero attached hydrogens (tertiary/aromatic N) is 3. The van der Waals surface area contributed by atoms with E-state index in [2.05, 4.69) is 20.6 Å². The van der Waals surface area contributed by atoms with Gasteiger partial charge in [-0.3, -0.25) is 0 Å². The van der Waals surface area contributed by atoms with Crippen molar-refractivity contribution in [2.75, 3.05) is 0 Å². The molecule has 0 saturated carbocycles. The Bertz CT molecular complexity index is 375. The molecule has 0 spiro atoms. The first-order valence-corrected chi connectivity index (χ1v) is 9.55. The monoisotopic (exact) mass is 321 g/mol. The van der Waals surface area contributed by atoms with Gasteiger partial charge in [-0.1, -0.05) is 75.8 Å². The highest BCUT2D eigenvalue weighted by Gasteiger charge is 1.98. The molecule has 23 heavy (non-hydrogen) atoms. The van der Waals surface area contributed by atoms with E-state index in [0.717, 1.165) is 24.4 Å². The summed E-state index contributed by atoms with van der Waals surface area (Å²) in [6.07, 6.45) is 19.4. The summed E-state index contributed by atoms with van der Waals surface area (Å²) in [6.45, 7) is 1.91. The third kappa shape index (κ3) is 12.9. The van der Waals surface area contributed by atoms with E-state index >= 15 is 0 Å². The van der Waals surface area contributed by atoms with Crippen LogP contribution in [0.5, 0.6) is 0 Å². The van der Waals surface area contributed by atoms with Gasteiger partial charge in [0.05, 0.1) is 0 Å². The first kappa shape index (κ1) is 19.8. The fourth-order valence-electron chi connectivity index (χ4n) is 2.91. The van der Waals surface area contributed by atoms with Crippen molar-refractivity contribution in [1.82, 2.24) is 20.6 Å². The quantitative estimate of drug-likeness (QED) is 0.322. The zero-order valence-electron chi connectivity index (χ0n) is 14.9. The van der Waals surface area contributed by atoms with Gasteiger partial charge < -0.3 is 5.41 Å². The molecule has 0 fully saturated rings. The van der Waals surface area contributed by atoms with Crippen LogP contribution >= 0.6 is 0 Å². The molecule has 0 saturated heterocycles. The van der Waals surface area contributed by atoms with Crippen molar-refractivity contribution in [3.63, 3.8) is 0 Å². The molecule has 5 nitrogen and oxygen atoms in total. The Morgan fingerprint density at radius 1 is 0.783 bits per heavy atom. The lowest BCUT2D eigenvalue weighted by Gasteiger charge is -2.03. The first-order valence-electron chi connectivity index (χ1n) is 9.55. The van der Waals surface area contributed by atoms with Crippen LogP contribution in [-0.4, -0.2) is 26.3 Å². The average Bonchev–Trinajstić information content (AvgIpc) is 3.04. The Balaban J connectivity index is 1.69. The second-order valence-corrected chi connectivity index (χ2v) is 6.70.